The van der Waals surface area contributed by atoms with Gasteiger partial charge in [0.05, 0.1) is 0 Å². The summed E-state index contributed by atoms with van der Waals surface area (Å²) < 4.78 is 5.75. The molecule has 0 aliphatic carbocycles. The highest BCUT2D eigenvalue weighted by Gasteiger charge is 2.00. The Labute approximate surface area is 131 Å². The van der Waals surface area contributed by atoms with Crippen LogP contribution in [0.5, 0.6) is 5.75 Å². The molecule has 0 unspecified atom stereocenters. The molecule has 2 N–H and O–H groups in total. The molecule has 0 amide bonds. The van der Waals surface area contributed by atoms with Gasteiger partial charge in [0.2, 0.25) is 0 Å². The second kappa shape index (κ2) is 6.92. The molecule has 0 heterocycles. The molecule has 0 atom stereocenters. The number of hydrogen-bond donors (Lipinski definition) is 1. The van der Waals surface area contributed by atoms with E-state index in [4.69, 9.17) is 10.5 Å². The van der Waals surface area contributed by atoms with Crippen molar-refractivity contribution in [3.63, 3.8) is 0 Å². The van der Waals surface area contributed by atoms with Crippen molar-refractivity contribution < 1.29 is 4.74 Å². The zero-order chi connectivity index (χ0) is 15.2. The molecule has 1 radical (unpaired) electrons. The van der Waals surface area contributed by atoms with E-state index in [9.17, 15) is 0 Å². The van der Waals surface area contributed by atoms with Crippen LogP contribution in [0.15, 0.2) is 72.8 Å². The third-order valence-electron chi connectivity index (χ3n) is 3.54. The fourth-order valence-electron chi connectivity index (χ4n) is 2.25. The van der Waals surface area contributed by atoms with Crippen LogP contribution in [0.25, 0.3) is 11.1 Å². The molecule has 2 heteroatoms. The Morgan fingerprint density at radius 1 is 0.773 bits per heavy atom. The van der Waals surface area contributed by atoms with Crippen molar-refractivity contribution in [3.8, 4) is 16.9 Å². The lowest BCUT2D eigenvalue weighted by Gasteiger charge is -2.07. The summed E-state index contributed by atoms with van der Waals surface area (Å²) in [6, 6.07) is 27.5. The molecule has 0 spiro atoms. The topological polar surface area (TPSA) is 35.2 Å². The number of benzene rings is 3. The van der Waals surface area contributed by atoms with Crippen molar-refractivity contribution in [2.75, 3.05) is 0 Å². The molecule has 3 aromatic rings. The first-order valence-corrected chi connectivity index (χ1v) is 7.33. The smallest absolute Gasteiger partial charge is 0.127 e. The molecular formula is C20H18NO. The molecule has 0 bridgehead atoms. The molecule has 0 aliphatic heterocycles. The van der Waals surface area contributed by atoms with Crippen LogP contribution in [-0.4, -0.2) is 0 Å². The van der Waals surface area contributed by atoms with Crippen LogP contribution in [0.1, 0.15) is 11.1 Å². The lowest BCUT2D eigenvalue weighted by molar-refractivity contribution is 0.305. The van der Waals surface area contributed by atoms with Crippen LogP contribution < -0.4 is 10.5 Å². The lowest BCUT2D eigenvalue weighted by atomic mass is 10.0. The Bertz CT molecular complexity index is 703. The number of rotatable bonds is 5. The van der Waals surface area contributed by atoms with Gasteiger partial charge in [0.25, 0.3) is 0 Å². The van der Waals surface area contributed by atoms with Crippen LogP contribution in [0.2, 0.25) is 0 Å². The maximum atomic E-state index is 5.75. The van der Waals surface area contributed by atoms with Gasteiger partial charge in [-0.25, -0.2) is 0 Å². The summed E-state index contributed by atoms with van der Waals surface area (Å²) in [6.07, 6.45) is 0. The van der Waals surface area contributed by atoms with E-state index in [0.717, 1.165) is 28.0 Å². The van der Waals surface area contributed by atoms with Gasteiger partial charge < -0.3 is 10.5 Å². The Kier molecular flexibility index (Phi) is 4.52. The van der Waals surface area contributed by atoms with E-state index in [2.05, 4.69) is 30.3 Å². The molecule has 3 aromatic carbocycles. The van der Waals surface area contributed by atoms with Crippen LogP contribution in [0, 0.1) is 6.07 Å². The highest BCUT2D eigenvalue weighted by molar-refractivity contribution is 5.64. The zero-order valence-electron chi connectivity index (χ0n) is 12.3. The number of ether oxygens (including phenoxy) is 1. The van der Waals surface area contributed by atoms with E-state index in [-0.39, 0.29) is 0 Å². The summed E-state index contributed by atoms with van der Waals surface area (Å²) >= 11 is 0. The Hall–Kier alpha value is -2.58. The maximum Gasteiger partial charge on any atom is 0.127 e. The summed E-state index contributed by atoms with van der Waals surface area (Å²) in [6.45, 7) is 1.13. The van der Waals surface area contributed by atoms with E-state index in [1.54, 1.807) is 0 Å². The van der Waals surface area contributed by atoms with Crippen LogP contribution in [0.3, 0.4) is 0 Å². The van der Waals surface area contributed by atoms with Gasteiger partial charge in [-0.2, -0.15) is 0 Å². The van der Waals surface area contributed by atoms with Crippen molar-refractivity contribution in [1.82, 2.24) is 0 Å². The Morgan fingerprint density at radius 2 is 1.50 bits per heavy atom. The van der Waals surface area contributed by atoms with Crippen molar-refractivity contribution in [2.45, 2.75) is 13.2 Å². The van der Waals surface area contributed by atoms with Gasteiger partial charge in [-0.15, -0.1) is 0 Å². The van der Waals surface area contributed by atoms with Gasteiger partial charge in [0.15, 0.2) is 0 Å². The van der Waals surface area contributed by atoms with Gasteiger partial charge in [-0.05, 0) is 34.4 Å². The average Bonchev–Trinajstić information content (AvgIpc) is 2.61. The molecule has 0 saturated heterocycles. The molecule has 3 rings (SSSR count). The maximum absolute atomic E-state index is 5.75. The highest BCUT2D eigenvalue weighted by atomic mass is 16.5. The standard InChI is InChI=1S/C20H18NO/c21-14-16-6-8-18(9-7-16)19-10-12-20(13-11-19)22-15-17-4-2-1-3-5-17/h1-12H,14-15,21H2. The van der Waals surface area contributed by atoms with E-state index in [0.29, 0.717) is 13.2 Å². The highest BCUT2D eigenvalue weighted by Crippen LogP contribution is 2.22. The average molecular weight is 288 g/mol. The third kappa shape index (κ3) is 3.54. The predicted molar refractivity (Wildman–Crippen MR) is 89.4 cm³/mol. The fourth-order valence-corrected chi connectivity index (χ4v) is 2.25. The molecule has 0 fully saturated rings. The van der Waals surface area contributed by atoms with Crippen LogP contribution >= 0.6 is 0 Å². The normalized spacial score (nSPS) is 10.4. The SMILES string of the molecule is NCc1ccc(-c2c[c]c(OCc3ccccc3)cc2)cc1. The largest absolute Gasteiger partial charge is 0.488 e. The first-order chi connectivity index (χ1) is 10.8. The van der Waals surface area contributed by atoms with Crippen molar-refractivity contribution >= 4 is 0 Å². The van der Waals surface area contributed by atoms with E-state index in [1.165, 1.54) is 0 Å². The van der Waals surface area contributed by atoms with Gasteiger partial charge >= 0.3 is 0 Å². The van der Waals surface area contributed by atoms with E-state index >= 15 is 0 Å². The third-order valence-corrected chi connectivity index (χ3v) is 3.54. The van der Waals surface area contributed by atoms with Crippen LogP contribution in [-0.2, 0) is 13.2 Å². The molecule has 109 valence electrons. The minimum absolute atomic E-state index is 0.557. The van der Waals surface area contributed by atoms with E-state index in [1.807, 2.05) is 48.5 Å². The summed E-state index contributed by atoms with van der Waals surface area (Å²) in [5.74, 6) is 0.756. The van der Waals surface area contributed by atoms with Gasteiger partial charge in [0, 0.05) is 12.6 Å². The fraction of sp³-hybridized carbons (Fsp3) is 0.100. The van der Waals surface area contributed by atoms with Crippen LogP contribution in [0.4, 0.5) is 0 Å². The number of hydrogen-bond acceptors (Lipinski definition) is 2. The summed E-state index contributed by atoms with van der Waals surface area (Å²) in [7, 11) is 0. The minimum atomic E-state index is 0.557. The summed E-state index contributed by atoms with van der Waals surface area (Å²) in [4.78, 5) is 0. The van der Waals surface area contributed by atoms with Crippen molar-refractivity contribution in [1.29, 1.82) is 0 Å². The van der Waals surface area contributed by atoms with E-state index < -0.39 is 0 Å². The molecule has 0 saturated carbocycles. The minimum Gasteiger partial charge on any atom is -0.488 e. The monoisotopic (exact) mass is 288 g/mol. The molecule has 0 aliphatic rings. The molecule has 22 heavy (non-hydrogen) atoms. The van der Waals surface area contributed by atoms with Gasteiger partial charge in [-0.3, -0.25) is 0 Å². The summed E-state index contributed by atoms with van der Waals surface area (Å²) in [5, 5.41) is 0. The van der Waals surface area contributed by atoms with Crippen molar-refractivity contribution in [3.05, 3.63) is 90.0 Å². The number of nitrogens with two attached hydrogens (primary N) is 1. The van der Waals surface area contributed by atoms with Gasteiger partial charge in [-0.1, -0.05) is 60.7 Å². The second-order valence-electron chi connectivity index (χ2n) is 5.12. The molecule has 0 aromatic heterocycles. The Balaban J connectivity index is 1.67. The van der Waals surface area contributed by atoms with Gasteiger partial charge in [0.1, 0.15) is 12.4 Å². The molecule has 2 nitrogen and oxygen atoms in total. The lowest BCUT2D eigenvalue weighted by Crippen LogP contribution is -1.95. The zero-order valence-corrected chi connectivity index (χ0v) is 12.3. The molecular weight excluding hydrogens is 270 g/mol. The second-order valence-corrected chi connectivity index (χ2v) is 5.12. The van der Waals surface area contributed by atoms with Crippen molar-refractivity contribution in [2.24, 2.45) is 5.73 Å². The first-order valence-electron chi connectivity index (χ1n) is 7.33. The predicted octanol–water partition coefficient (Wildman–Crippen LogP) is 4.19. The summed E-state index contributed by atoms with van der Waals surface area (Å²) in [5.41, 5.74) is 10.2. The quantitative estimate of drug-likeness (QED) is 0.764. The first kappa shape index (κ1) is 14.4. The Morgan fingerprint density at radius 3 is 2.14 bits per heavy atom.